The van der Waals surface area contributed by atoms with Crippen LogP contribution in [0.25, 0.3) is 0 Å². The Labute approximate surface area is 141 Å². The van der Waals surface area contributed by atoms with Crippen LogP contribution in [-0.4, -0.2) is 47.7 Å². The van der Waals surface area contributed by atoms with Gasteiger partial charge in [0.2, 0.25) is 5.91 Å². The maximum absolute atomic E-state index is 12.6. The van der Waals surface area contributed by atoms with Gasteiger partial charge in [0.1, 0.15) is 5.75 Å². The molecule has 1 aliphatic heterocycles. The predicted octanol–water partition coefficient (Wildman–Crippen LogP) is 1.87. The molecule has 5 nitrogen and oxygen atoms in total. The fourth-order valence-electron chi connectivity index (χ4n) is 3.28. The number of hydrogen-bond acceptors (Lipinski definition) is 4. The molecule has 1 N–H and O–H groups in total. The molecule has 1 saturated heterocycles. The Bertz CT molecular complexity index is 673. The first kappa shape index (κ1) is 16.5. The minimum Gasteiger partial charge on any atom is -0.497 e. The minimum atomic E-state index is 0.0761. The van der Waals surface area contributed by atoms with Gasteiger partial charge in [-0.25, -0.2) is 0 Å². The fourth-order valence-corrected chi connectivity index (χ4v) is 3.28. The highest BCUT2D eigenvalue weighted by molar-refractivity contribution is 5.79. The van der Waals surface area contributed by atoms with Crippen LogP contribution in [0.15, 0.2) is 48.8 Å². The van der Waals surface area contributed by atoms with Gasteiger partial charge in [-0.05, 0) is 35.4 Å². The lowest BCUT2D eigenvalue weighted by atomic mass is 9.90. The highest BCUT2D eigenvalue weighted by atomic mass is 16.5. The molecule has 0 bridgehead atoms. The van der Waals surface area contributed by atoms with E-state index in [1.807, 2.05) is 41.3 Å². The first-order chi connectivity index (χ1) is 11.7. The molecule has 5 heteroatoms. The molecule has 1 aromatic heterocycles. The summed E-state index contributed by atoms with van der Waals surface area (Å²) in [6, 6.07) is 11.5. The van der Waals surface area contributed by atoms with Crippen molar-refractivity contribution in [1.29, 1.82) is 0 Å². The molecule has 2 aromatic rings. The van der Waals surface area contributed by atoms with Crippen molar-refractivity contribution in [3.8, 4) is 5.75 Å². The number of ether oxygens (including phenoxy) is 1. The molecule has 1 aromatic carbocycles. The summed E-state index contributed by atoms with van der Waals surface area (Å²) in [6.07, 6.45) is 3.88. The van der Waals surface area contributed by atoms with Crippen molar-refractivity contribution in [3.05, 3.63) is 59.9 Å². The summed E-state index contributed by atoms with van der Waals surface area (Å²) in [5.41, 5.74) is 2.09. The molecule has 2 heterocycles. The SMILES string of the molecule is COc1ccc(CC(=O)N2CC(CO)C(c3ccncc3)C2)cc1. The molecule has 2 atom stereocenters. The molecule has 0 radical (unpaired) electrons. The topological polar surface area (TPSA) is 62.7 Å². The number of pyridine rings is 1. The monoisotopic (exact) mass is 326 g/mol. The lowest BCUT2D eigenvalue weighted by Gasteiger charge is -2.17. The summed E-state index contributed by atoms with van der Waals surface area (Å²) >= 11 is 0. The lowest BCUT2D eigenvalue weighted by Crippen LogP contribution is -2.30. The average Bonchev–Trinajstić information content (AvgIpc) is 3.08. The van der Waals surface area contributed by atoms with Crippen molar-refractivity contribution in [2.45, 2.75) is 12.3 Å². The Kier molecular flexibility index (Phi) is 5.11. The smallest absolute Gasteiger partial charge is 0.227 e. The van der Waals surface area contributed by atoms with Crippen molar-refractivity contribution in [1.82, 2.24) is 9.88 Å². The van der Waals surface area contributed by atoms with Crippen LogP contribution in [-0.2, 0) is 11.2 Å². The molecule has 24 heavy (non-hydrogen) atoms. The molecular formula is C19H22N2O3. The second kappa shape index (κ2) is 7.45. The molecule has 1 amide bonds. The van der Waals surface area contributed by atoms with Crippen LogP contribution in [0, 0.1) is 5.92 Å². The van der Waals surface area contributed by atoms with Gasteiger partial charge < -0.3 is 14.7 Å². The van der Waals surface area contributed by atoms with E-state index in [9.17, 15) is 9.90 Å². The van der Waals surface area contributed by atoms with Crippen LogP contribution in [0.1, 0.15) is 17.0 Å². The van der Waals surface area contributed by atoms with E-state index in [0.29, 0.717) is 19.5 Å². The van der Waals surface area contributed by atoms with E-state index < -0.39 is 0 Å². The van der Waals surface area contributed by atoms with Gasteiger partial charge in [0.15, 0.2) is 0 Å². The molecule has 1 fully saturated rings. The standard InChI is InChI=1S/C19H22N2O3/c1-24-17-4-2-14(3-5-17)10-19(23)21-11-16(13-22)18(12-21)15-6-8-20-9-7-15/h2-9,16,18,22H,10-13H2,1H3. The number of aromatic nitrogens is 1. The Balaban J connectivity index is 1.67. The van der Waals surface area contributed by atoms with Crippen LogP contribution < -0.4 is 4.74 Å². The van der Waals surface area contributed by atoms with Crippen molar-refractivity contribution >= 4 is 5.91 Å². The van der Waals surface area contributed by atoms with E-state index >= 15 is 0 Å². The number of nitrogens with zero attached hydrogens (tertiary/aromatic N) is 2. The van der Waals surface area contributed by atoms with Gasteiger partial charge in [0, 0.05) is 43.9 Å². The summed E-state index contributed by atoms with van der Waals surface area (Å²) in [7, 11) is 1.62. The first-order valence-electron chi connectivity index (χ1n) is 8.12. The largest absolute Gasteiger partial charge is 0.497 e. The fraction of sp³-hybridized carbons (Fsp3) is 0.368. The number of aliphatic hydroxyl groups is 1. The van der Waals surface area contributed by atoms with E-state index in [-0.39, 0.29) is 24.3 Å². The van der Waals surface area contributed by atoms with E-state index in [4.69, 9.17) is 4.74 Å². The zero-order valence-corrected chi connectivity index (χ0v) is 13.8. The number of likely N-dealkylation sites (tertiary alicyclic amines) is 1. The third-order valence-electron chi connectivity index (χ3n) is 4.68. The van der Waals surface area contributed by atoms with E-state index in [1.54, 1.807) is 19.5 Å². The third kappa shape index (κ3) is 3.57. The van der Waals surface area contributed by atoms with Gasteiger partial charge in [-0.2, -0.15) is 0 Å². The van der Waals surface area contributed by atoms with Crippen LogP contribution in [0.4, 0.5) is 0 Å². The summed E-state index contributed by atoms with van der Waals surface area (Å²) < 4.78 is 5.14. The Morgan fingerprint density at radius 2 is 1.92 bits per heavy atom. The maximum Gasteiger partial charge on any atom is 0.227 e. The van der Waals surface area contributed by atoms with Crippen molar-refractivity contribution < 1.29 is 14.6 Å². The van der Waals surface area contributed by atoms with Crippen LogP contribution in [0.5, 0.6) is 5.75 Å². The molecule has 1 aliphatic rings. The molecule has 0 spiro atoms. The number of carbonyl (C=O) groups excluding carboxylic acids is 1. The summed E-state index contributed by atoms with van der Waals surface area (Å²) in [5.74, 6) is 1.12. The Hall–Kier alpha value is -2.40. The van der Waals surface area contributed by atoms with Gasteiger partial charge in [0.25, 0.3) is 0 Å². The number of aliphatic hydroxyl groups excluding tert-OH is 1. The maximum atomic E-state index is 12.6. The van der Waals surface area contributed by atoms with Gasteiger partial charge in [-0.3, -0.25) is 9.78 Å². The number of rotatable bonds is 5. The normalized spacial score (nSPS) is 20.2. The average molecular weight is 326 g/mol. The first-order valence-corrected chi connectivity index (χ1v) is 8.12. The zero-order chi connectivity index (χ0) is 16.9. The van der Waals surface area contributed by atoms with Crippen LogP contribution in [0.2, 0.25) is 0 Å². The second-order valence-corrected chi connectivity index (χ2v) is 6.15. The second-order valence-electron chi connectivity index (χ2n) is 6.15. The van der Waals surface area contributed by atoms with Gasteiger partial charge >= 0.3 is 0 Å². The number of methoxy groups -OCH3 is 1. The summed E-state index contributed by atoms with van der Waals surface area (Å²) in [4.78, 5) is 18.5. The zero-order valence-electron chi connectivity index (χ0n) is 13.8. The Morgan fingerprint density at radius 1 is 1.21 bits per heavy atom. The van der Waals surface area contributed by atoms with Crippen LogP contribution >= 0.6 is 0 Å². The highest BCUT2D eigenvalue weighted by Crippen LogP contribution is 2.32. The quantitative estimate of drug-likeness (QED) is 0.911. The van der Waals surface area contributed by atoms with Crippen LogP contribution in [0.3, 0.4) is 0 Å². The predicted molar refractivity (Wildman–Crippen MR) is 90.8 cm³/mol. The number of hydrogen-bond donors (Lipinski definition) is 1. The number of benzene rings is 1. The molecule has 3 rings (SSSR count). The van der Waals surface area contributed by atoms with E-state index in [2.05, 4.69) is 4.98 Å². The molecule has 0 saturated carbocycles. The lowest BCUT2D eigenvalue weighted by molar-refractivity contribution is -0.129. The van der Waals surface area contributed by atoms with Crippen molar-refractivity contribution in [3.63, 3.8) is 0 Å². The number of amides is 1. The van der Waals surface area contributed by atoms with Gasteiger partial charge in [-0.1, -0.05) is 12.1 Å². The summed E-state index contributed by atoms with van der Waals surface area (Å²) in [5, 5.41) is 9.68. The van der Waals surface area contributed by atoms with E-state index in [0.717, 1.165) is 16.9 Å². The van der Waals surface area contributed by atoms with Gasteiger partial charge in [-0.15, -0.1) is 0 Å². The molecule has 0 aliphatic carbocycles. The third-order valence-corrected chi connectivity index (χ3v) is 4.68. The van der Waals surface area contributed by atoms with Crippen molar-refractivity contribution in [2.75, 3.05) is 26.8 Å². The van der Waals surface area contributed by atoms with Gasteiger partial charge in [0.05, 0.1) is 13.5 Å². The molecule has 2 unspecified atom stereocenters. The Morgan fingerprint density at radius 3 is 2.54 bits per heavy atom. The molecular weight excluding hydrogens is 304 g/mol. The summed E-state index contributed by atoms with van der Waals surface area (Å²) in [6.45, 7) is 1.32. The van der Waals surface area contributed by atoms with Crippen molar-refractivity contribution in [2.24, 2.45) is 5.92 Å². The van der Waals surface area contributed by atoms with E-state index in [1.165, 1.54) is 0 Å². The highest BCUT2D eigenvalue weighted by Gasteiger charge is 2.35. The molecule has 126 valence electrons. The number of carbonyl (C=O) groups is 1. The minimum absolute atomic E-state index is 0.0761.